The molecule has 0 radical (unpaired) electrons. The first-order valence-corrected chi connectivity index (χ1v) is 4.93. The van der Waals surface area contributed by atoms with E-state index in [1.807, 2.05) is 0 Å². The Hall–Kier alpha value is -0.710. The molecule has 0 saturated carbocycles. The van der Waals surface area contributed by atoms with E-state index in [1.165, 1.54) is 0 Å². The molecule has 84 valence electrons. The number of aromatic nitrogens is 1. The lowest BCUT2D eigenvalue weighted by Crippen LogP contribution is -2.32. The number of likely N-dealkylation sites (tertiary alicyclic amines) is 1. The zero-order chi connectivity index (χ0) is 10.1. The maximum absolute atomic E-state index is 11.8. The maximum atomic E-state index is 11.8. The number of carbonyl (C=O) groups is 1. The van der Waals surface area contributed by atoms with Crippen LogP contribution in [0.2, 0.25) is 5.02 Å². The summed E-state index contributed by atoms with van der Waals surface area (Å²) < 4.78 is 0. The van der Waals surface area contributed by atoms with E-state index in [0.717, 1.165) is 13.0 Å². The van der Waals surface area contributed by atoms with E-state index in [4.69, 9.17) is 17.3 Å². The van der Waals surface area contributed by atoms with E-state index in [2.05, 4.69) is 4.98 Å². The van der Waals surface area contributed by atoms with E-state index in [0.29, 0.717) is 17.3 Å². The van der Waals surface area contributed by atoms with Crippen molar-refractivity contribution in [3.8, 4) is 0 Å². The highest BCUT2D eigenvalue weighted by atomic mass is 35.5. The number of nitrogens with zero attached hydrogens (tertiary/aromatic N) is 1. The molecule has 0 bridgehead atoms. The number of nitrogens with one attached hydrogen (secondary N) is 1. The van der Waals surface area contributed by atoms with Gasteiger partial charge in [0.05, 0.1) is 5.02 Å². The minimum absolute atomic E-state index is 0. The van der Waals surface area contributed by atoms with Gasteiger partial charge in [0, 0.05) is 25.3 Å². The monoisotopic (exact) mass is 249 g/mol. The molecule has 1 saturated heterocycles. The number of aromatic amines is 1. The number of nitrogens with two attached hydrogens (primary N) is 1. The van der Waals surface area contributed by atoms with Gasteiger partial charge in [-0.05, 0) is 12.5 Å². The molecule has 1 aliphatic rings. The Morgan fingerprint density at radius 1 is 1.67 bits per heavy atom. The van der Waals surface area contributed by atoms with Gasteiger partial charge in [0.25, 0.3) is 5.91 Å². The van der Waals surface area contributed by atoms with E-state index in [-0.39, 0.29) is 24.4 Å². The molecule has 0 aliphatic carbocycles. The molecule has 3 N–H and O–H groups in total. The number of hydrogen-bond acceptors (Lipinski definition) is 2. The second kappa shape index (κ2) is 4.88. The first kappa shape index (κ1) is 12.4. The summed E-state index contributed by atoms with van der Waals surface area (Å²) in [5, 5.41) is 0.553. The lowest BCUT2D eigenvalue weighted by atomic mass is 10.3. The van der Waals surface area contributed by atoms with E-state index < -0.39 is 0 Å². The summed E-state index contributed by atoms with van der Waals surface area (Å²) in [5.74, 6) is -0.0233. The summed E-state index contributed by atoms with van der Waals surface area (Å²) in [7, 11) is 0. The molecule has 6 heteroatoms. The van der Waals surface area contributed by atoms with Crippen LogP contribution < -0.4 is 5.73 Å². The fourth-order valence-corrected chi connectivity index (χ4v) is 1.80. The third kappa shape index (κ3) is 2.65. The second-order valence-electron chi connectivity index (χ2n) is 3.53. The van der Waals surface area contributed by atoms with Gasteiger partial charge in [0.2, 0.25) is 0 Å². The van der Waals surface area contributed by atoms with E-state index in [1.54, 1.807) is 17.2 Å². The molecule has 1 fully saturated rings. The van der Waals surface area contributed by atoms with Crippen molar-refractivity contribution in [2.75, 3.05) is 13.1 Å². The summed E-state index contributed by atoms with van der Waals surface area (Å²) in [6.07, 6.45) is 2.48. The predicted molar refractivity (Wildman–Crippen MR) is 61.5 cm³/mol. The number of H-pyrrole nitrogens is 1. The van der Waals surface area contributed by atoms with Crippen molar-refractivity contribution >= 4 is 29.9 Å². The molecule has 1 amide bonds. The van der Waals surface area contributed by atoms with E-state index in [9.17, 15) is 4.79 Å². The third-order valence-corrected chi connectivity index (χ3v) is 2.61. The SMILES string of the molecule is Cl.N[C@@H]1CCN(C(=O)c2cc(Cl)c[nH]2)C1. The highest BCUT2D eigenvalue weighted by Gasteiger charge is 2.25. The van der Waals surface area contributed by atoms with Crippen LogP contribution in [0.1, 0.15) is 16.9 Å². The zero-order valence-electron chi connectivity index (χ0n) is 8.07. The van der Waals surface area contributed by atoms with Crippen LogP contribution in [0.5, 0.6) is 0 Å². The Labute approximate surface area is 99.2 Å². The van der Waals surface area contributed by atoms with Gasteiger partial charge in [0.1, 0.15) is 5.69 Å². The van der Waals surface area contributed by atoms with Crippen molar-refractivity contribution in [2.45, 2.75) is 12.5 Å². The maximum Gasteiger partial charge on any atom is 0.270 e. The number of hydrogen-bond donors (Lipinski definition) is 2. The molecular formula is C9H13Cl2N3O. The molecule has 4 nitrogen and oxygen atoms in total. The number of halogens is 2. The van der Waals surface area contributed by atoms with Crippen LogP contribution in [0.15, 0.2) is 12.3 Å². The fourth-order valence-electron chi connectivity index (χ4n) is 1.63. The summed E-state index contributed by atoms with van der Waals surface area (Å²) in [6.45, 7) is 1.37. The van der Waals surface area contributed by atoms with Gasteiger partial charge in [-0.25, -0.2) is 0 Å². The van der Waals surface area contributed by atoms with Crippen molar-refractivity contribution in [3.63, 3.8) is 0 Å². The van der Waals surface area contributed by atoms with Crippen molar-refractivity contribution in [1.82, 2.24) is 9.88 Å². The Kier molecular flexibility index (Phi) is 4.02. The predicted octanol–water partition coefficient (Wildman–Crippen LogP) is 1.26. The van der Waals surface area contributed by atoms with Crippen LogP contribution >= 0.6 is 24.0 Å². The number of carbonyl (C=O) groups excluding carboxylic acids is 1. The van der Waals surface area contributed by atoms with Gasteiger partial charge >= 0.3 is 0 Å². The van der Waals surface area contributed by atoms with Gasteiger partial charge < -0.3 is 15.6 Å². The number of amides is 1. The van der Waals surface area contributed by atoms with Crippen LogP contribution in [0.4, 0.5) is 0 Å². The molecule has 1 aromatic heterocycles. The van der Waals surface area contributed by atoms with Crippen molar-refractivity contribution in [3.05, 3.63) is 23.0 Å². The zero-order valence-corrected chi connectivity index (χ0v) is 9.64. The summed E-state index contributed by atoms with van der Waals surface area (Å²) in [4.78, 5) is 16.4. The van der Waals surface area contributed by atoms with Crippen LogP contribution in [-0.2, 0) is 0 Å². The summed E-state index contributed by atoms with van der Waals surface area (Å²) >= 11 is 5.71. The average molecular weight is 250 g/mol. The average Bonchev–Trinajstić information content (AvgIpc) is 2.73. The lowest BCUT2D eigenvalue weighted by molar-refractivity contribution is 0.0786. The highest BCUT2D eigenvalue weighted by molar-refractivity contribution is 6.30. The standard InChI is InChI=1S/C9H12ClN3O.ClH/c10-6-3-8(12-4-6)9(14)13-2-1-7(11)5-13;/h3-4,7,12H,1-2,5,11H2;1H/t7-;/m1./s1. The summed E-state index contributed by atoms with van der Waals surface area (Å²) in [5.41, 5.74) is 6.25. The molecule has 2 heterocycles. The van der Waals surface area contributed by atoms with Crippen molar-refractivity contribution in [2.24, 2.45) is 5.73 Å². The molecular weight excluding hydrogens is 237 g/mol. The Morgan fingerprint density at radius 3 is 2.87 bits per heavy atom. The van der Waals surface area contributed by atoms with Gasteiger partial charge in [-0.3, -0.25) is 4.79 Å². The molecule has 1 atom stereocenters. The van der Waals surface area contributed by atoms with Crippen LogP contribution in [0.25, 0.3) is 0 Å². The Morgan fingerprint density at radius 2 is 2.40 bits per heavy atom. The largest absolute Gasteiger partial charge is 0.356 e. The number of rotatable bonds is 1. The molecule has 0 aromatic carbocycles. The topological polar surface area (TPSA) is 62.1 Å². The van der Waals surface area contributed by atoms with Crippen molar-refractivity contribution in [1.29, 1.82) is 0 Å². The molecule has 0 unspecified atom stereocenters. The molecule has 2 rings (SSSR count). The third-order valence-electron chi connectivity index (χ3n) is 2.39. The molecule has 15 heavy (non-hydrogen) atoms. The first-order chi connectivity index (χ1) is 6.66. The van der Waals surface area contributed by atoms with Crippen molar-refractivity contribution < 1.29 is 4.79 Å². The molecule has 0 spiro atoms. The normalized spacial score (nSPS) is 20.1. The smallest absolute Gasteiger partial charge is 0.270 e. The van der Waals surface area contributed by atoms with E-state index >= 15 is 0 Å². The van der Waals surface area contributed by atoms with Crippen LogP contribution in [0, 0.1) is 0 Å². The fraction of sp³-hybridized carbons (Fsp3) is 0.444. The first-order valence-electron chi connectivity index (χ1n) is 4.55. The minimum Gasteiger partial charge on any atom is -0.356 e. The van der Waals surface area contributed by atoms with Gasteiger partial charge in [-0.1, -0.05) is 11.6 Å². The van der Waals surface area contributed by atoms with Gasteiger partial charge in [0.15, 0.2) is 0 Å². The quantitative estimate of drug-likeness (QED) is 0.788. The Bertz CT molecular complexity index is 353. The van der Waals surface area contributed by atoms with Gasteiger partial charge in [-0.2, -0.15) is 0 Å². The molecule has 1 aromatic rings. The Balaban J connectivity index is 0.00000112. The summed E-state index contributed by atoms with van der Waals surface area (Å²) in [6, 6.07) is 1.75. The van der Waals surface area contributed by atoms with Gasteiger partial charge in [-0.15, -0.1) is 12.4 Å². The minimum atomic E-state index is -0.0233. The van der Waals surface area contributed by atoms with Crippen LogP contribution in [-0.4, -0.2) is 34.9 Å². The molecule has 1 aliphatic heterocycles. The lowest BCUT2D eigenvalue weighted by Gasteiger charge is -2.14. The van der Waals surface area contributed by atoms with Crippen LogP contribution in [0.3, 0.4) is 0 Å². The second-order valence-corrected chi connectivity index (χ2v) is 3.97. The highest BCUT2D eigenvalue weighted by Crippen LogP contribution is 2.14.